The van der Waals surface area contributed by atoms with Gasteiger partial charge in [0, 0.05) is 6.07 Å². The lowest BCUT2D eigenvalue weighted by molar-refractivity contribution is -0.385. The molecule has 0 aliphatic heterocycles. The van der Waals surface area contributed by atoms with Crippen LogP contribution in [-0.2, 0) is 4.74 Å². The van der Waals surface area contributed by atoms with Crippen LogP contribution in [0.15, 0.2) is 30.6 Å². The van der Waals surface area contributed by atoms with Crippen LogP contribution in [-0.4, -0.2) is 32.5 Å². The summed E-state index contributed by atoms with van der Waals surface area (Å²) in [5.41, 5.74) is -0.295. The summed E-state index contributed by atoms with van der Waals surface area (Å²) in [5, 5.41) is 18.7. The number of esters is 1. The first-order chi connectivity index (χ1) is 9.15. The predicted octanol–water partition coefficient (Wildman–Crippen LogP) is 1.35. The van der Waals surface area contributed by atoms with E-state index >= 15 is 0 Å². The van der Waals surface area contributed by atoms with Gasteiger partial charge < -0.3 is 4.74 Å². The van der Waals surface area contributed by atoms with Crippen molar-refractivity contribution in [1.29, 1.82) is 0 Å². The highest BCUT2D eigenvalue weighted by Gasteiger charge is 2.26. The number of nitro groups is 1. The lowest BCUT2D eigenvalue weighted by Crippen LogP contribution is -2.13. The maximum absolute atomic E-state index is 11.9. The second kappa shape index (κ2) is 5.25. The summed E-state index contributed by atoms with van der Waals surface area (Å²) >= 11 is 0. The average Bonchev–Trinajstić information content (AvgIpc) is 2.91. The van der Waals surface area contributed by atoms with Gasteiger partial charge in [0.05, 0.1) is 23.9 Å². The van der Waals surface area contributed by atoms with Crippen LogP contribution in [0.4, 0.5) is 5.69 Å². The minimum Gasteiger partial charge on any atom is -0.462 e. The molecule has 1 heterocycles. The predicted molar refractivity (Wildman–Crippen MR) is 64.0 cm³/mol. The zero-order valence-corrected chi connectivity index (χ0v) is 10.0. The lowest BCUT2D eigenvalue weighted by Gasteiger charge is -2.08. The van der Waals surface area contributed by atoms with E-state index in [1.807, 2.05) is 0 Å². The maximum Gasteiger partial charge on any atom is 0.347 e. The van der Waals surface area contributed by atoms with Crippen molar-refractivity contribution >= 4 is 11.7 Å². The van der Waals surface area contributed by atoms with E-state index in [0.29, 0.717) is 0 Å². The highest BCUT2D eigenvalue weighted by Crippen LogP contribution is 2.25. The molecule has 19 heavy (non-hydrogen) atoms. The minimum absolute atomic E-state index is 0.122. The fourth-order valence-corrected chi connectivity index (χ4v) is 1.60. The molecule has 0 N–H and O–H groups in total. The Kier molecular flexibility index (Phi) is 3.51. The van der Waals surface area contributed by atoms with E-state index in [1.54, 1.807) is 6.92 Å². The number of hydrogen-bond donors (Lipinski definition) is 0. The van der Waals surface area contributed by atoms with Gasteiger partial charge >= 0.3 is 5.97 Å². The topological polar surface area (TPSA) is 100 Å². The number of benzene rings is 1. The summed E-state index contributed by atoms with van der Waals surface area (Å²) in [7, 11) is 0. The highest BCUT2D eigenvalue weighted by molar-refractivity contribution is 5.97. The van der Waals surface area contributed by atoms with Crippen molar-refractivity contribution in [3.8, 4) is 5.69 Å². The van der Waals surface area contributed by atoms with Crippen molar-refractivity contribution < 1.29 is 14.5 Å². The largest absolute Gasteiger partial charge is 0.462 e. The Morgan fingerprint density at radius 3 is 2.68 bits per heavy atom. The van der Waals surface area contributed by atoms with Crippen LogP contribution in [0.25, 0.3) is 5.69 Å². The molecule has 0 amide bonds. The Labute approximate surface area is 107 Å². The maximum atomic E-state index is 11.9. The fourth-order valence-electron chi connectivity index (χ4n) is 1.60. The van der Waals surface area contributed by atoms with E-state index in [1.165, 1.54) is 30.6 Å². The normalized spacial score (nSPS) is 10.2. The van der Waals surface area contributed by atoms with Crippen LogP contribution in [0.5, 0.6) is 0 Å². The van der Waals surface area contributed by atoms with Crippen LogP contribution in [0.3, 0.4) is 0 Å². The van der Waals surface area contributed by atoms with Crippen LogP contribution >= 0.6 is 0 Å². The first-order valence-corrected chi connectivity index (χ1v) is 5.46. The summed E-state index contributed by atoms with van der Waals surface area (Å²) < 4.78 is 4.85. The average molecular weight is 262 g/mol. The quantitative estimate of drug-likeness (QED) is 0.468. The van der Waals surface area contributed by atoms with Gasteiger partial charge in [-0.3, -0.25) is 10.1 Å². The van der Waals surface area contributed by atoms with Gasteiger partial charge in [-0.25, -0.2) is 4.79 Å². The molecular formula is C11H10N4O4. The summed E-state index contributed by atoms with van der Waals surface area (Å²) in [6.45, 7) is 1.75. The fraction of sp³-hybridized carbons (Fsp3) is 0.182. The molecule has 0 atom stereocenters. The van der Waals surface area contributed by atoms with E-state index in [0.717, 1.165) is 4.80 Å². The van der Waals surface area contributed by atoms with Gasteiger partial charge in [0.15, 0.2) is 5.56 Å². The third-order valence-electron chi connectivity index (χ3n) is 2.33. The zero-order chi connectivity index (χ0) is 13.8. The van der Waals surface area contributed by atoms with Crippen molar-refractivity contribution in [2.45, 2.75) is 6.92 Å². The molecule has 0 saturated heterocycles. The molecule has 0 fully saturated rings. The summed E-state index contributed by atoms with van der Waals surface area (Å²) in [6, 6.07) is 4.21. The molecule has 0 spiro atoms. The number of carbonyl (C=O) groups is 1. The molecular weight excluding hydrogens is 252 g/mol. The molecule has 0 radical (unpaired) electrons. The second-order valence-corrected chi connectivity index (χ2v) is 3.47. The highest BCUT2D eigenvalue weighted by atomic mass is 16.6. The molecule has 0 saturated carbocycles. The van der Waals surface area contributed by atoms with Gasteiger partial charge in [0.25, 0.3) is 5.69 Å². The van der Waals surface area contributed by atoms with Gasteiger partial charge in [-0.2, -0.15) is 15.0 Å². The monoisotopic (exact) mass is 262 g/mol. The van der Waals surface area contributed by atoms with Gasteiger partial charge in [-0.05, 0) is 13.0 Å². The molecule has 0 unspecified atom stereocenters. The second-order valence-electron chi connectivity index (χ2n) is 3.47. The first-order valence-electron chi connectivity index (χ1n) is 5.46. The lowest BCUT2D eigenvalue weighted by atomic mass is 10.1. The number of aromatic nitrogens is 3. The Morgan fingerprint density at radius 2 is 2.11 bits per heavy atom. The molecule has 0 aliphatic rings. The van der Waals surface area contributed by atoms with E-state index in [9.17, 15) is 14.9 Å². The molecule has 98 valence electrons. The van der Waals surface area contributed by atoms with Gasteiger partial charge in [0.2, 0.25) is 0 Å². The summed E-state index contributed by atoms with van der Waals surface area (Å²) in [4.78, 5) is 23.4. The standard InChI is InChI=1S/C11H10N4O4/c1-2-19-11(16)10-8(14-12-6-7-13-14)4-3-5-9(10)15(17)18/h3-7H,2H2,1H3. The SMILES string of the molecule is CCOC(=O)c1c(-n2nccn2)cccc1[N+](=O)[O-]. The smallest absolute Gasteiger partial charge is 0.347 e. The zero-order valence-electron chi connectivity index (χ0n) is 10.0. The van der Waals surface area contributed by atoms with Gasteiger partial charge in [-0.15, -0.1) is 0 Å². The Bertz CT molecular complexity index is 609. The molecule has 1 aromatic heterocycles. The van der Waals surface area contributed by atoms with Gasteiger partial charge in [0.1, 0.15) is 5.69 Å². The summed E-state index contributed by atoms with van der Waals surface area (Å²) in [5.74, 6) is -0.776. The van der Waals surface area contributed by atoms with Crippen LogP contribution in [0, 0.1) is 10.1 Å². The van der Waals surface area contributed by atoms with Crippen molar-refractivity contribution in [2.75, 3.05) is 6.61 Å². The van der Waals surface area contributed by atoms with Crippen LogP contribution < -0.4 is 0 Å². The Hall–Kier alpha value is -2.77. The molecule has 0 bridgehead atoms. The number of nitro benzene ring substituents is 1. The van der Waals surface area contributed by atoms with E-state index in [2.05, 4.69) is 10.2 Å². The van der Waals surface area contributed by atoms with E-state index in [4.69, 9.17) is 4.74 Å². The third kappa shape index (κ3) is 2.41. The molecule has 1 aromatic carbocycles. The number of carbonyl (C=O) groups excluding carboxylic acids is 1. The molecule has 0 aliphatic carbocycles. The third-order valence-corrected chi connectivity index (χ3v) is 2.33. The van der Waals surface area contributed by atoms with Crippen molar-refractivity contribution in [1.82, 2.24) is 15.0 Å². The molecule has 8 nitrogen and oxygen atoms in total. The van der Waals surface area contributed by atoms with Crippen molar-refractivity contribution in [3.05, 3.63) is 46.3 Å². The first kappa shape index (κ1) is 12.7. The minimum atomic E-state index is -0.776. The molecule has 2 rings (SSSR count). The van der Waals surface area contributed by atoms with Crippen LogP contribution in [0.1, 0.15) is 17.3 Å². The van der Waals surface area contributed by atoms with Crippen molar-refractivity contribution in [2.24, 2.45) is 0 Å². The molecule has 8 heteroatoms. The van der Waals surface area contributed by atoms with Crippen LogP contribution in [0.2, 0.25) is 0 Å². The number of rotatable bonds is 4. The van der Waals surface area contributed by atoms with Crippen molar-refractivity contribution in [3.63, 3.8) is 0 Å². The number of hydrogen-bond acceptors (Lipinski definition) is 6. The number of ether oxygens (including phenoxy) is 1. The Morgan fingerprint density at radius 1 is 1.42 bits per heavy atom. The van der Waals surface area contributed by atoms with E-state index in [-0.39, 0.29) is 23.5 Å². The number of nitrogens with zero attached hydrogens (tertiary/aromatic N) is 4. The summed E-state index contributed by atoms with van der Waals surface area (Å²) in [6.07, 6.45) is 2.82. The molecule has 2 aromatic rings. The van der Waals surface area contributed by atoms with E-state index < -0.39 is 10.9 Å². The van der Waals surface area contributed by atoms with Gasteiger partial charge in [-0.1, -0.05) is 6.07 Å². The Balaban J connectivity index is 2.63.